The fraction of sp³-hybridized carbons (Fsp3) is 0.462. The molecule has 2 aliphatic heterocycles. The second-order valence-corrected chi connectivity index (χ2v) is 4.87. The molecule has 1 fully saturated rings. The molecule has 0 radical (unpaired) electrons. The van der Waals surface area contributed by atoms with Crippen molar-refractivity contribution in [2.45, 2.75) is 12.5 Å². The van der Waals surface area contributed by atoms with Gasteiger partial charge in [-0.15, -0.1) is 0 Å². The molecule has 0 spiro atoms. The largest absolute Gasteiger partial charge is 0.482 e. The molecule has 0 aromatic heterocycles. The minimum absolute atomic E-state index is 0.0398. The Morgan fingerprint density at radius 2 is 2.32 bits per heavy atom. The van der Waals surface area contributed by atoms with Gasteiger partial charge < -0.3 is 25.4 Å². The zero-order valence-electron chi connectivity index (χ0n) is 10.8. The summed E-state index contributed by atoms with van der Waals surface area (Å²) in [5.74, 6) is 0.479. The first-order chi connectivity index (χ1) is 9.15. The molecule has 1 aromatic rings. The number of likely N-dealkylation sites (N-methyl/N-ethyl adjacent to an activating group) is 1. The molecule has 2 aliphatic rings. The van der Waals surface area contributed by atoms with E-state index in [4.69, 9.17) is 15.2 Å². The molecule has 102 valence electrons. The summed E-state index contributed by atoms with van der Waals surface area (Å²) in [6.07, 6.45) is 0.982. The van der Waals surface area contributed by atoms with Crippen LogP contribution in [0.2, 0.25) is 0 Å². The molecule has 2 heterocycles. The molecule has 0 aliphatic carbocycles. The van der Waals surface area contributed by atoms with Gasteiger partial charge in [-0.2, -0.15) is 0 Å². The lowest BCUT2D eigenvalue weighted by atomic mass is 10.1. The molecule has 1 aromatic carbocycles. The zero-order chi connectivity index (χ0) is 13.4. The summed E-state index contributed by atoms with van der Waals surface area (Å²) in [5, 5.41) is 2.80. The number of amides is 1. The van der Waals surface area contributed by atoms with Gasteiger partial charge >= 0.3 is 0 Å². The van der Waals surface area contributed by atoms with E-state index in [2.05, 4.69) is 10.2 Å². The zero-order valence-corrected chi connectivity index (χ0v) is 10.8. The van der Waals surface area contributed by atoms with Crippen LogP contribution >= 0.6 is 0 Å². The van der Waals surface area contributed by atoms with Gasteiger partial charge in [-0.3, -0.25) is 4.79 Å². The predicted molar refractivity (Wildman–Crippen MR) is 72.6 cm³/mol. The number of fused-ring (bicyclic) bond motifs is 1. The number of hydrogen-bond donors (Lipinski definition) is 2. The third kappa shape index (κ3) is 2.19. The molecular weight excluding hydrogens is 246 g/mol. The standard InChI is InChI=1S/C13H17N3O3/c1-16(8-2-3-18-6-8)11-5-10-12(4-9(11)14)19-7-13(17)15-10/h4-5,8H,2-3,6-7,14H2,1H3,(H,15,17). The van der Waals surface area contributed by atoms with Gasteiger partial charge in [0, 0.05) is 19.7 Å². The highest BCUT2D eigenvalue weighted by Gasteiger charge is 2.24. The minimum Gasteiger partial charge on any atom is -0.482 e. The average molecular weight is 263 g/mol. The lowest BCUT2D eigenvalue weighted by Crippen LogP contribution is -2.33. The summed E-state index contributed by atoms with van der Waals surface area (Å²) in [6.45, 7) is 1.52. The molecule has 6 heteroatoms. The maximum absolute atomic E-state index is 11.3. The molecule has 1 amide bonds. The number of nitrogens with two attached hydrogens (primary N) is 1. The van der Waals surface area contributed by atoms with E-state index in [0.29, 0.717) is 29.8 Å². The van der Waals surface area contributed by atoms with Gasteiger partial charge in [-0.1, -0.05) is 0 Å². The number of benzene rings is 1. The number of anilines is 3. The first-order valence-corrected chi connectivity index (χ1v) is 6.32. The molecule has 3 N–H and O–H groups in total. The van der Waals surface area contributed by atoms with E-state index in [1.54, 1.807) is 6.07 Å². The molecule has 1 atom stereocenters. The van der Waals surface area contributed by atoms with Crippen LogP contribution in [0.1, 0.15) is 6.42 Å². The Bertz CT molecular complexity index is 512. The molecule has 19 heavy (non-hydrogen) atoms. The summed E-state index contributed by atoms with van der Waals surface area (Å²) in [4.78, 5) is 13.4. The molecule has 3 rings (SSSR count). The summed E-state index contributed by atoms with van der Waals surface area (Å²) in [6, 6.07) is 3.94. The number of rotatable bonds is 2. The van der Waals surface area contributed by atoms with Crippen molar-refractivity contribution < 1.29 is 14.3 Å². The van der Waals surface area contributed by atoms with Gasteiger partial charge in [0.15, 0.2) is 6.61 Å². The van der Waals surface area contributed by atoms with Crippen molar-refractivity contribution in [2.24, 2.45) is 0 Å². The maximum atomic E-state index is 11.3. The number of hydrogen-bond acceptors (Lipinski definition) is 5. The van der Waals surface area contributed by atoms with Crippen molar-refractivity contribution in [3.63, 3.8) is 0 Å². The Balaban J connectivity index is 1.92. The van der Waals surface area contributed by atoms with Crippen LogP contribution in [0.3, 0.4) is 0 Å². The van der Waals surface area contributed by atoms with Crippen LogP contribution in [0.5, 0.6) is 5.75 Å². The van der Waals surface area contributed by atoms with Crippen LogP contribution in [0, 0.1) is 0 Å². The number of nitrogen functional groups attached to an aromatic ring is 1. The van der Waals surface area contributed by atoms with Crippen molar-refractivity contribution in [1.82, 2.24) is 0 Å². The topological polar surface area (TPSA) is 76.8 Å². The monoisotopic (exact) mass is 263 g/mol. The van der Waals surface area contributed by atoms with Gasteiger partial charge in [-0.05, 0) is 12.5 Å². The van der Waals surface area contributed by atoms with E-state index in [0.717, 1.165) is 18.7 Å². The smallest absolute Gasteiger partial charge is 0.262 e. The third-order valence-corrected chi connectivity index (χ3v) is 3.60. The highest BCUT2D eigenvalue weighted by Crippen LogP contribution is 2.37. The van der Waals surface area contributed by atoms with Crippen LogP contribution in [0.4, 0.5) is 17.1 Å². The molecule has 0 bridgehead atoms. The molecular formula is C13H17N3O3. The van der Waals surface area contributed by atoms with Gasteiger partial charge in [-0.25, -0.2) is 0 Å². The summed E-state index contributed by atoms with van der Waals surface area (Å²) in [7, 11) is 1.99. The average Bonchev–Trinajstić information content (AvgIpc) is 2.91. The first-order valence-electron chi connectivity index (χ1n) is 6.32. The fourth-order valence-corrected chi connectivity index (χ4v) is 2.46. The highest BCUT2D eigenvalue weighted by molar-refractivity contribution is 5.97. The second kappa shape index (κ2) is 4.62. The lowest BCUT2D eigenvalue weighted by molar-refractivity contribution is -0.118. The fourth-order valence-electron chi connectivity index (χ4n) is 2.46. The first kappa shape index (κ1) is 12.1. The van der Waals surface area contributed by atoms with Gasteiger partial charge in [0.2, 0.25) is 0 Å². The molecule has 1 unspecified atom stereocenters. The van der Waals surface area contributed by atoms with E-state index in [9.17, 15) is 4.79 Å². The van der Waals surface area contributed by atoms with Crippen molar-refractivity contribution in [2.75, 3.05) is 42.8 Å². The Labute approximate surface area is 111 Å². The quantitative estimate of drug-likeness (QED) is 0.773. The van der Waals surface area contributed by atoms with E-state index in [-0.39, 0.29) is 12.5 Å². The van der Waals surface area contributed by atoms with E-state index >= 15 is 0 Å². The van der Waals surface area contributed by atoms with Crippen molar-refractivity contribution in [1.29, 1.82) is 0 Å². The van der Waals surface area contributed by atoms with Crippen molar-refractivity contribution in [3.8, 4) is 5.75 Å². The summed E-state index contributed by atoms with van der Waals surface area (Å²) in [5.41, 5.74) is 8.28. The number of carbonyl (C=O) groups is 1. The Morgan fingerprint density at radius 3 is 3.05 bits per heavy atom. The third-order valence-electron chi connectivity index (χ3n) is 3.60. The van der Waals surface area contributed by atoms with Gasteiger partial charge in [0.1, 0.15) is 5.75 Å². The second-order valence-electron chi connectivity index (χ2n) is 4.87. The van der Waals surface area contributed by atoms with Crippen molar-refractivity contribution in [3.05, 3.63) is 12.1 Å². The SMILES string of the molecule is CN(c1cc2c(cc1N)OCC(=O)N2)C1CCOC1. The summed E-state index contributed by atoms with van der Waals surface area (Å²) < 4.78 is 10.7. The number of nitrogens with zero attached hydrogens (tertiary/aromatic N) is 1. The molecule has 1 saturated heterocycles. The maximum Gasteiger partial charge on any atom is 0.262 e. The summed E-state index contributed by atoms with van der Waals surface area (Å²) >= 11 is 0. The van der Waals surface area contributed by atoms with Gasteiger partial charge in [0.25, 0.3) is 5.91 Å². The lowest BCUT2D eigenvalue weighted by Gasteiger charge is -2.28. The normalized spacial score (nSPS) is 21.5. The number of carbonyl (C=O) groups excluding carboxylic acids is 1. The van der Waals surface area contributed by atoms with Crippen LogP contribution < -0.4 is 20.7 Å². The van der Waals surface area contributed by atoms with E-state index in [1.165, 1.54) is 0 Å². The number of nitrogens with one attached hydrogen (secondary N) is 1. The Kier molecular flexibility index (Phi) is 2.94. The van der Waals surface area contributed by atoms with Crippen LogP contribution in [-0.4, -0.2) is 38.8 Å². The van der Waals surface area contributed by atoms with Crippen LogP contribution in [0.25, 0.3) is 0 Å². The number of ether oxygens (including phenoxy) is 2. The Hall–Kier alpha value is -1.95. The van der Waals surface area contributed by atoms with Crippen molar-refractivity contribution >= 4 is 23.0 Å². The van der Waals surface area contributed by atoms with Crippen LogP contribution in [0.15, 0.2) is 12.1 Å². The molecule has 6 nitrogen and oxygen atoms in total. The highest BCUT2D eigenvalue weighted by atomic mass is 16.5. The molecule has 0 saturated carbocycles. The van der Waals surface area contributed by atoms with Gasteiger partial charge in [0.05, 0.1) is 29.7 Å². The van der Waals surface area contributed by atoms with Crippen LogP contribution in [-0.2, 0) is 9.53 Å². The predicted octanol–water partition coefficient (Wildman–Crippen LogP) is 0.825. The van der Waals surface area contributed by atoms with E-state index < -0.39 is 0 Å². The minimum atomic E-state index is -0.143. The van der Waals surface area contributed by atoms with E-state index in [1.807, 2.05) is 13.1 Å². The Morgan fingerprint density at radius 1 is 1.47 bits per heavy atom.